The van der Waals surface area contributed by atoms with Crippen LogP contribution in [0.3, 0.4) is 0 Å². The normalized spacial score (nSPS) is 14.0. The fourth-order valence-corrected chi connectivity index (χ4v) is 2.41. The Labute approximate surface area is 132 Å². The van der Waals surface area contributed by atoms with E-state index in [1.807, 2.05) is 20.8 Å². The molecule has 0 saturated heterocycles. The molecule has 1 unspecified atom stereocenters. The van der Waals surface area contributed by atoms with E-state index in [4.69, 9.17) is 0 Å². The SMILES string of the molecule is Cn1nnc(CNC(c2cccc(C(F)(F)F)c2)C(C)(C)C)n1. The molecule has 23 heavy (non-hydrogen) atoms. The van der Waals surface area contributed by atoms with Crippen LogP contribution < -0.4 is 5.32 Å². The van der Waals surface area contributed by atoms with Gasteiger partial charge in [0.15, 0.2) is 5.82 Å². The Morgan fingerprint density at radius 1 is 1.22 bits per heavy atom. The summed E-state index contributed by atoms with van der Waals surface area (Å²) in [7, 11) is 1.66. The lowest BCUT2D eigenvalue weighted by Crippen LogP contribution is -2.32. The molecular formula is C15H20F3N5. The van der Waals surface area contributed by atoms with Gasteiger partial charge in [-0.1, -0.05) is 32.9 Å². The Balaban J connectivity index is 2.25. The summed E-state index contributed by atoms with van der Waals surface area (Å²) in [6.07, 6.45) is -4.36. The van der Waals surface area contributed by atoms with Crippen LogP contribution in [0, 0.1) is 5.41 Å². The van der Waals surface area contributed by atoms with Crippen LogP contribution in [0.2, 0.25) is 0 Å². The zero-order valence-electron chi connectivity index (χ0n) is 13.5. The van der Waals surface area contributed by atoms with Crippen molar-refractivity contribution in [1.29, 1.82) is 0 Å². The molecule has 0 saturated carbocycles. The molecule has 8 heteroatoms. The molecule has 2 aromatic rings. The molecule has 0 aliphatic heterocycles. The van der Waals surface area contributed by atoms with E-state index in [-0.39, 0.29) is 11.5 Å². The molecule has 0 aliphatic carbocycles. The first-order valence-electron chi connectivity index (χ1n) is 7.21. The van der Waals surface area contributed by atoms with Crippen molar-refractivity contribution in [2.24, 2.45) is 12.5 Å². The van der Waals surface area contributed by atoms with Crippen LogP contribution >= 0.6 is 0 Å². The predicted octanol–water partition coefficient (Wildman–Crippen LogP) is 3.11. The molecule has 0 bridgehead atoms. The van der Waals surface area contributed by atoms with Crippen molar-refractivity contribution >= 4 is 0 Å². The van der Waals surface area contributed by atoms with Gasteiger partial charge in [-0.25, -0.2) is 0 Å². The van der Waals surface area contributed by atoms with E-state index >= 15 is 0 Å². The van der Waals surface area contributed by atoms with Gasteiger partial charge in [-0.15, -0.1) is 10.2 Å². The first-order chi connectivity index (χ1) is 10.6. The van der Waals surface area contributed by atoms with Crippen molar-refractivity contribution in [3.05, 3.63) is 41.2 Å². The van der Waals surface area contributed by atoms with E-state index in [9.17, 15) is 13.2 Å². The summed E-state index contributed by atoms with van der Waals surface area (Å²) in [6.45, 7) is 6.23. The van der Waals surface area contributed by atoms with Crippen LogP contribution in [0.1, 0.15) is 43.8 Å². The first-order valence-corrected chi connectivity index (χ1v) is 7.21. The zero-order valence-corrected chi connectivity index (χ0v) is 13.5. The molecule has 0 spiro atoms. The van der Waals surface area contributed by atoms with E-state index in [1.165, 1.54) is 16.9 Å². The van der Waals surface area contributed by atoms with Gasteiger partial charge in [0.05, 0.1) is 19.2 Å². The molecule has 1 aromatic heterocycles. The van der Waals surface area contributed by atoms with Crippen LogP contribution in [0.5, 0.6) is 0 Å². The number of benzene rings is 1. The maximum Gasteiger partial charge on any atom is 0.416 e. The summed E-state index contributed by atoms with van der Waals surface area (Å²) in [5, 5.41) is 14.9. The molecule has 1 aromatic carbocycles. The van der Waals surface area contributed by atoms with Gasteiger partial charge in [-0.2, -0.15) is 18.0 Å². The number of hydrogen-bond acceptors (Lipinski definition) is 4. The number of rotatable bonds is 4. The minimum absolute atomic E-state index is 0.284. The molecule has 0 radical (unpaired) electrons. The van der Waals surface area contributed by atoms with Gasteiger partial charge >= 0.3 is 6.18 Å². The number of halogens is 3. The third kappa shape index (κ3) is 4.51. The second kappa shape index (κ2) is 6.27. The molecule has 0 amide bonds. The first kappa shape index (κ1) is 17.4. The van der Waals surface area contributed by atoms with Crippen molar-refractivity contribution in [2.75, 3.05) is 0 Å². The van der Waals surface area contributed by atoms with Gasteiger partial charge < -0.3 is 5.32 Å². The van der Waals surface area contributed by atoms with Crippen molar-refractivity contribution in [3.8, 4) is 0 Å². The smallest absolute Gasteiger partial charge is 0.302 e. The molecule has 1 N–H and O–H groups in total. The lowest BCUT2D eigenvalue weighted by atomic mass is 9.82. The standard InChI is InChI=1S/C15H20F3N5/c1-14(2,3)13(19-9-12-20-22-23(4)21-12)10-6-5-7-11(8-10)15(16,17)18/h5-8,13,19H,9H2,1-4H3. The van der Waals surface area contributed by atoms with E-state index in [0.29, 0.717) is 17.9 Å². The van der Waals surface area contributed by atoms with Crippen LogP contribution in [-0.4, -0.2) is 20.2 Å². The third-order valence-corrected chi connectivity index (χ3v) is 3.43. The van der Waals surface area contributed by atoms with Crippen LogP contribution in [0.4, 0.5) is 13.2 Å². The highest BCUT2D eigenvalue weighted by molar-refractivity contribution is 5.29. The molecule has 1 atom stereocenters. The minimum Gasteiger partial charge on any atom is -0.302 e. The van der Waals surface area contributed by atoms with Crippen LogP contribution in [0.15, 0.2) is 24.3 Å². The Bertz CT molecular complexity index is 658. The second-order valence-corrected chi connectivity index (χ2v) is 6.50. The molecule has 126 valence electrons. The lowest BCUT2D eigenvalue weighted by molar-refractivity contribution is -0.137. The summed E-state index contributed by atoms with van der Waals surface area (Å²) in [4.78, 5) is 1.34. The average molecular weight is 327 g/mol. The number of aryl methyl sites for hydroxylation is 1. The largest absolute Gasteiger partial charge is 0.416 e. The monoisotopic (exact) mass is 327 g/mol. The van der Waals surface area contributed by atoms with Crippen LogP contribution in [0.25, 0.3) is 0 Å². The maximum atomic E-state index is 12.9. The molecule has 1 heterocycles. The fraction of sp³-hybridized carbons (Fsp3) is 0.533. The van der Waals surface area contributed by atoms with Crippen LogP contribution in [-0.2, 0) is 19.8 Å². The van der Waals surface area contributed by atoms with Crippen molar-refractivity contribution < 1.29 is 13.2 Å². The van der Waals surface area contributed by atoms with Gasteiger partial charge in [0.2, 0.25) is 0 Å². The Hall–Kier alpha value is -1.96. The van der Waals surface area contributed by atoms with Gasteiger partial charge in [-0.05, 0) is 28.3 Å². The van der Waals surface area contributed by atoms with Gasteiger partial charge in [0.25, 0.3) is 0 Å². The second-order valence-electron chi connectivity index (χ2n) is 6.50. The number of aromatic nitrogens is 4. The maximum absolute atomic E-state index is 12.9. The highest BCUT2D eigenvalue weighted by atomic mass is 19.4. The molecular weight excluding hydrogens is 307 g/mol. The number of hydrogen-bond donors (Lipinski definition) is 1. The Morgan fingerprint density at radius 3 is 2.43 bits per heavy atom. The van der Waals surface area contributed by atoms with Crippen molar-refractivity contribution in [2.45, 2.75) is 39.5 Å². The average Bonchev–Trinajstić information content (AvgIpc) is 2.82. The summed E-state index contributed by atoms with van der Waals surface area (Å²) >= 11 is 0. The lowest BCUT2D eigenvalue weighted by Gasteiger charge is -2.32. The Kier molecular flexibility index (Phi) is 4.74. The van der Waals surface area contributed by atoms with E-state index in [1.54, 1.807) is 13.1 Å². The van der Waals surface area contributed by atoms with Gasteiger partial charge in [0, 0.05) is 6.04 Å². The molecule has 2 rings (SSSR count). The number of tetrazole rings is 1. The fourth-order valence-electron chi connectivity index (χ4n) is 2.41. The van der Waals surface area contributed by atoms with Gasteiger partial charge in [-0.3, -0.25) is 0 Å². The molecule has 0 aliphatic rings. The van der Waals surface area contributed by atoms with Gasteiger partial charge in [0.1, 0.15) is 0 Å². The number of nitrogens with zero attached hydrogens (tertiary/aromatic N) is 4. The number of alkyl halides is 3. The third-order valence-electron chi connectivity index (χ3n) is 3.43. The minimum atomic E-state index is -4.36. The molecule has 5 nitrogen and oxygen atoms in total. The Morgan fingerprint density at radius 2 is 1.91 bits per heavy atom. The summed E-state index contributed by atoms with van der Waals surface area (Å²) in [5.74, 6) is 0.494. The summed E-state index contributed by atoms with van der Waals surface area (Å²) < 4.78 is 38.8. The van der Waals surface area contributed by atoms with E-state index < -0.39 is 11.7 Å². The highest BCUT2D eigenvalue weighted by Crippen LogP contribution is 2.36. The predicted molar refractivity (Wildman–Crippen MR) is 79.3 cm³/mol. The highest BCUT2D eigenvalue weighted by Gasteiger charge is 2.33. The van der Waals surface area contributed by atoms with Crippen molar-refractivity contribution in [3.63, 3.8) is 0 Å². The van der Waals surface area contributed by atoms with E-state index in [2.05, 4.69) is 20.7 Å². The summed E-state index contributed by atoms with van der Waals surface area (Å²) in [5.41, 5.74) is -0.355. The summed E-state index contributed by atoms with van der Waals surface area (Å²) in [6, 6.07) is 5.11. The van der Waals surface area contributed by atoms with E-state index in [0.717, 1.165) is 6.07 Å². The van der Waals surface area contributed by atoms with Crippen molar-refractivity contribution in [1.82, 2.24) is 25.5 Å². The molecule has 0 fully saturated rings. The topological polar surface area (TPSA) is 55.6 Å². The number of nitrogens with one attached hydrogen (secondary N) is 1. The zero-order chi connectivity index (χ0) is 17.3. The quantitative estimate of drug-likeness (QED) is 0.937.